The number of aliphatic hydroxyl groups is 1. The fraction of sp³-hybridized carbons (Fsp3) is 0.556. The van der Waals surface area contributed by atoms with E-state index in [-0.39, 0.29) is 6.61 Å². The van der Waals surface area contributed by atoms with Crippen molar-refractivity contribution >= 4 is 0 Å². The lowest BCUT2D eigenvalue weighted by Gasteiger charge is -2.31. The van der Waals surface area contributed by atoms with Crippen LogP contribution in [0.2, 0.25) is 0 Å². The molecule has 0 amide bonds. The van der Waals surface area contributed by atoms with Gasteiger partial charge in [0.05, 0.1) is 0 Å². The van der Waals surface area contributed by atoms with Gasteiger partial charge in [-0.05, 0) is 55.7 Å². The van der Waals surface area contributed by atoms with Gasteiger partial charge in [0, 0.05) is 24.6 Å². The first kappa shape index (κ1) is 14.6. The Morgan fingerprint density at radius 1 is 1.00 bits per heavy atom. The monoisotopic (exact) mass is 287 g/mol. The van der Waals surface area contributed by atoms with E-state index in [9.17, 15) is 10.2 Å². The third-order valence-electron chi connectivity index (χ3n) is 4.95. The molecular weight excluding hydrogens is 262 g/mol. The zero-order chi connectivity index (χ0) is 14.7. The van der Waals surface area contributed by atoms with Crippen LogP contribution in [0.5, 0.6) is 5.75 Å². The van der Waals surface area contributed by atoms with E-state index in [0.717, 1.165) is 6.42 Å². The van der Waals surface area contributed by atoms with E-state index in [2.05, 4.69) is 29.6 Å². The Balaban J connectivity index is 1.47. The summed E-state index contributed by atoms with van der Waals surface area (Å²) in [5, 5.41) is 22.3. The van der Waals surface area contributed by atoms with Crippen LogP contribution in [-0.4, -0.2) is 28.9 Å². The smallest absolute Gasteiger partial charge is 0.115 e. The lowest BCUT2D eigenvalue weighted by molar-refractivity contribution is 0.241. The molecule has 0 bridgehead atoms. The number of rotatable bonds is 4. The quantitative estimate of drug-likeness (QED) is 0.746. The number of phenolic OH excluding ortho intramolecular Hbond substituents is 1. The molecule has 0 saturated heterocycles. The summed E-state index contributed by atoms with van der Waals surface area (Å²) >= 11 is 0. The fourth-order valence-electron chi connectivity index (χ4n) is 3.68. The molecule has 0 aromatic heterocycles. The second kappa shape index (κ2) is 6.63. The first-order chi connectivity index (χ1) is 10.2. The van der Waals surface area contributed by atoms with Crippen LogP contribution in [0.1, 0.15) is 43.6 Å². The molecule has 3 nitrogen and oxygen atoms in total. The molecule has 0 spiro atoms. The molecule has 1 aromatic rings. The van der Waals surface area contributed by atoms with E-state index < -0.39 is 0 Å². The minimum atomic E-state index is 0.266. The van der Waals surface area contributed by atoms with Gasteiger partial charge in [-0.15, -0.1) is 0 Å². The molecule has 2 atom stereocenters. The SMILES string of the molecule is OC[C@H]1C=C[C@@H](NC2CCC(c3ccc(O)cc3)CC2)C1. The Morgan fingerprint density at radius 3 is 2.33 bits per heavy atom. The first-order valence-electron chi connectivity index (χ1n) is 8.08. The van der Waals surface area contributed by atoms with E-state index in [0.29, 0.717) is 29.7 Å². The second-order valence-electron chi connectivity index (χ2n) is 6.48. The summed E-state index contributed by atoms with van der Waals surface area (Å²) in [5.41, 5.74) is 1.35. The summed E-state index contributed by atoms with van der Waals surface area (Å²) in [4.78, 5) is 0. The predicted molar refractivity (Wildman–Crippen MR) is 84.4 cm³/mol. The van der Waals surface area contributed by atoms with Crippen LogP contribution in [0.15, 0.2) is 36.4 Å². The Bertz CT molecular complexity index is 474. The van der Waals surface area contributed by atoms with Crippen molar-refractivity contribution in [3.8, 4) is 5.75 Å². The number of aliphatic hydroxyl groups excluding tert-OH is 1. The van der Waals surface area contributed by atoms with E-state index in [1.807, 2.05) is 0 Å². The third-order valence-corrected chi connectivity index (χ3v) is 4.95. The van der Waals surface area contributed by atoms with Crippen molar-refractivity contribution in [3.63, 3.8) is 0 Å². The zero-order valence-corrected chi connectivity index (χ0v) is 12.4. The molecular formula is C18H25NO2. The Labute approximate surface area is 126 Å². The van der Waals surface area contributed by atoms with E-state index in [4.69, 9.17) is 0 Å². The van der Waals surface area contributed by atoms with Gasteiger partial charge in [-0.1, -0.05) is 24.3 Å². The maximum absolute atomic E-state index is 9.36. The lowest BCUT2D eigenvalue weighted by Crippen LogP contribution is -2.39. The summed E-state index contributed by atoms with van der Waals surface area (Å²) in [6.45, 7) is 0.266. The van der Waals surface area contributed by atoms with E-state index >= 15 is 0 Å². The Kier molecular flexibility index (Phi) is 4.61. The molecule has 0 heterocycles. The van der Waals surface area contributed by atoms with E-state index in [1.54, 1.807) is 12.1 Å². The number of nitrogens with one attached hydrogen (secondary N) is 1. The molecule has 0 radical (unpaired) electrons. The van der Waals surface area contributed by atoms with Gasteiger partial charge in [-0.3, -0.25) is 0 Å². The summed E-state index contributed by atoms with van der Waals surface area (Å²) in [6.07, 6.45) is 10.2. The summed E-state index contributed by atoms with van der Waals surface area (Å²) < 4.78 is 0. The molecule has 2 aliphatic rings. The van der Waals surface area contributed by atoms with Crippen molar-refractivity contribution in [1.82, 2.24) is 5.32 Å². The van der Waals surface area contributed by atoms with Crippen LogP contribution in [0.3, 0.4) is 0 Å². The van der Waals surface area contributed by atoms with Gasteiger partial charge in [0.2, 0.25) is 0 Å². The topological polar surface area (TPSA) is 52.5 Å². The summed E-state index contributed by atoms with van der Waals surface area (Å²) in [7, 11) is 0. The maximum Gasteiger partial charge on any atom is 0.115 e. The fourth-order valence-corrected chi connectivity index (χ4v) is 3.68. The minimum absolute atomic E-state index is 0.266. The van der Waals surface area contributed by atoms with Crippen molar-refractivity contribution in [2.24, 2.45) is 5.92 Å². The van der Waals surface area contributed by atoms with Crippen LogP contribution >= 0.6 is 0 Å². The van der Waals surface area contributed by atoms with Crippen molar-refractivity contribution in [3.05, 3.63) is 42.0 Å². The van der Waals surface area contributed by atoms with Crippen molar-refractivity contribution < 1.29 is 10.2 Å². The number of hydrogen-bond acceptors (Lipinski definition) is 3. The average molecular weight is 287 g/mol. The number of benzene rings is 1. The molecule has 21 heavy (non-hydrogen) atoms. The number of aromatic hydroxyl groups is 1. The molecule has 2 aliphatic carbocycles. The highest BCUT2D eigenvalue weighted by molar-refractivity contribution is 5.28. The van der Waals surface area contributed by atoms with Gasteiger partial charge >= 0.3 is 0 Å². The van der Waals surface area contributed by atoms with Crippen molar-refractivity contribution in [2.45, 2.75) is 50.1 Å². The highest BCUT2D eigenvalue weighted by atomic mass is 16.3. The van der Waals surface area contributed by atoms with Gasteiger partial charge < -0.3 is 15.5 Å². The molecule has 0 unspecified atom stereocenters. The minimum Gasteiger partial charge on any atom is -0.508 e. The summed E-state index contributed by atoms with van der Waals surface area (Å²) in [5.74, 6) is 1.32. The van der Waals surface area contributed by atoms with Gasteiger partial charge in [0.1, 0.15) is 5.75 Å². The Hall–Kier alpha value is -1.32. The molecule has 114 valence electrons. The number of phenols is 1. The maximum atomic E-state index is 9.36. The predicted octanol–water partition coefficient (Wildman–Crippen LogP) is 2.95. The molecule has 3 heteroatoms. The molecule has 1 fully saturated rings. The van der Waals surface area contributed by atoms with E-state index in [1.165, 1.54) is 31.2 Å². The van der Waals surface area contributed by atoms with Crippen LogP contribution < -0.4 is 5.32 Å². The molecule has 3 N–H and O–H groups in total. The largest absolute Gasteiger partial charge is 0.508 e. The van der Waals surface area contributed by atoms with Gasteiger partial charge in [0.15, 0.2) is 0 Å². The first-order valence-corrected chi connectivity index (χ1v) is 8.08. The normalized spacial score (nSPS) is 32.4. The molecule has 3 rings (SSSR count). The summed E-state index contributed by atoms with van der Waals surface area (Å²) in [6, 6.07) is 8.73. The average Bonchev–Trinajstić information content (AvgIpc) is 2.97. The van der Waals surface area contributed by atoms with Crippen LogP contribution in [-0.2, 0) is 0 Å². The third kappa shape index (κ3) is 3.66. The second-order valence-corrected chi connectivity index (χ2v) is 6.48. The molecule has 0 aliphatic heterocycles. The van der Waals surface area contributed by atoms with Gasteiger partial charge in [-0.25, -0.2) is 0 Å². The van der Waals surface area contributed by atoms with Crippen molar-refractivity contribution in [1.29, 1.82) is 0 Å². The van der Waals surface area contributed by atoms with Gasteiger partial charge in [-0.2, -0.15) is 0 Å². The Morgan fingerprint density at radius 2 is 1.71 bits per heavy atom. The highest BCUT2D eigenvalue weighted by Crippen LogP contribution is 2.34. The van der Waals surface area contributed by atoms with Crippen LogP contribution in [0, 0.1) is 5.92 Å². The van der Waals surface area contributed by atoms with Gasteiger partial charge in [0.25, 0.3) is 0 Å². The lowest BCUT2D eigenvalue weighted by atomic mass is 9.81. The standard InChI is InChI=1S/C18H25NO2/c20-12-13-1-6-17(11-13)19-16-7-2-14(3-8-16)15-4-9-18(21)10-5-15/h1,4-6,9-10,13-14,16-17,19-21H,2-3,7-8,11-12H2/t13-,14?,16?,17+/m0/s1. The highest BCUT2D eigenvalue weighted by Gasteiger charge is 2.25. The number of hydrogen-bond donors (Lipinski definition) is 3. The zero-order valence-electron chi connectivity index (χ0n) is 12.4. The van der Waals surface area contributed by atoms with Crippen LogP contribution in [0.4, 0.5) is 0 Å². The molecule has 1 aromatic carbocycles. The van der Waals surface area contributed by atoms with Crippen molar-refractivity contribution in [2.75, 3.05) is 6.61 Å². The van der Waals surface area contributed by atoms with Crippen LogP contribution in [0.25, 0.3) is 0 Å². The molecule has 1 saturated carbocycles.